The summed E-state index contributed by atoms with van der Waals surface area (Å²) >= 11 is 1.83. The van der Waals surface area contributed by atoms with Gasteiger partial charge in [-0.3, -0.25) is 14.3 Å². The highest BCUT2D eigenvalue weighted by Gasteiger charge is 2.26. The van der Waals surface area contributed by atoms with E-state index in [1.807, 2.05) is 49.0 Å². The molecule has 4 rings (SSSR count). The highest BCUT2D eigenvalue weighted by atomic mass is 32.2. The Bertz CT molecular complexity index is 1070. The van der Waals surface area contributed by atoms with Gasteiger partial charge in [-0.25, -0.2) is 4.98 Å². The number of benzene rings is 1. The molecule has 0 spiro atoms. The van der Waals surface area contributed by atoms with Gasteiger partial charge in [0, 0.05) is 50.2 Å². The minimum absolute atomic E-state index is 0.140. The number of aryl methyl sites for hydroxylation is 2. The maximum Gasteiger partial charge on any atom is 0.270 e. The number of hydrogen-bond acceptors (Lipinski definition) is 6. The number of nitrogens with one attached hydrogen (secondary N) is 1. The summed E-state index contributed by atoms with van der Waals surface area (Å²) in [6.07, 6.45) is 2.01. The van der Waals surface area contributed by atoms with E-state index in [0.29, 0.717) is 37.5 Å². The molecule has 0 unspecified atom stereocenters. The van der Waals surface area contributed by atoms with E-state index in [1.54, 1.807) is 11.9 Å². The van der Waals surface area contributed by atoms with Gasteiger partial charge in [-0.2, -0.15) is 16.9 Å². The van der Waals surface area contributed by atoms with Crippen molar-refractivity contribution in [2.75, 3.05) is 31.1 Å². The lowest BCUT2D eigenvalue weighted by Gasteiger charge is -2.26. The zero-order valence-corrected chi connectivity index (χ0v) is 18.4. The molecule has 3 aromatic rings. The van der Waals surface area contributed by atoms with Crippen molar-refractivity contribution in [3.05, 3.63) is 59.2 Å². The lowest BCUT2D eigenvalue weighted by Crippen LogP contribution is -2.39. The molecule has 0 atom stereocenters. The molecule has 162 valence electrons. The molecule has 0 radical (unpaired) electrons. The van der Waals surface area contributed by atoms with E-state index in [9.17, 15) is 9.59 Å². The van der Waals surface area contributed by atoms with Crippen LogP contribution in [0.25, 0.3) is 11.5 Å². The van der Waals surface area contributed by atoms with Crippen molar-refractivity contribution in [1.82, 2.24) is 25.0 Å². The molecule has 2 amide bonds. The SMILES string of the molecule is Cc1oc(-c2ccccc2)nc1CCNC(=O)c1c(C(=O)N2CCSCC2)cnn1C. The molecule has 1 saturated heterocycles. The Morgan fingerprint density at radius 3 is 2.68 bits per heavy atom. The van der Waals surface area contributed by atoms with Gasteiger partial charge in [-0.1, -0.05) is 18.2 Å². The smallest absolute Gasteiger partial charge is 0.270 e. The van der Waals surface area contributed by atoms with Crippen LogP contribution in [0.4, 0.5) is 0 Å². The molecule has 1 aliphatic heterocycles. The van der Waals surface area contributed by atoms with Gasteiger partial charge in [-0.05, 0) is 19.1 Å². The average Bonchev–Trinajstić information content (AvgIpc) is 3.37. The number of carbonyl (C=O) groups is 2. The van der Waals surface area contributed by atoms with Crippen molar-refractivity contribution in [1.29, 1.82) is 0 Å². The van der Waals surface area contributed by atoms with Crippen LogP contribution >= 0.6 is 11.8 Å². The first-order chi connectivity index (χ1) is 15.0. The maximum absolute atomic E-state index is 12.9. The van der Waals surface area contributed by atoms with Crippen LogP contribution in [0.2, 0.25) is 0 Å². The Balaban J connectivity index is 1.40. The molecule has 2 aromatic heterocycles. The maximum atomic E-state index is 12.9. The van der Waals surface area contributed by atoms with Gasteiger partial charge in [0.2, 0.25) is 5.89 Å². The fraction of sp³-hybridized carbons (Fsp3) is 0.364. The fourth-order valence-electron chi connectivity index (χ4n) is 3.54. The average molecular weight is 440 g/mol. The Labute approximate surface area is 185 Å². The van der Waals surface area contributed by atoms with Gasteiger partial charge < -0.3 is 14.6 Å². The third kappa shape index (κ3) is 4.66. The van der Waals surface area contributed by atoms with Gasteiger partial charge in [0.05, 0.1) is 17.5 Å². The Hall–Kier alpha value is -3.07. The topological polar surface area (TPSA) is 93.3 Å². The van der Waals surface area contributed by atoms with Crippen LogP contribution in [0.5, 0.6) is 0 Å². The van der Waals surface area contributed by atoms with E-state index in [0.717, 1.165) is 28.5 Å². The quantitative estimate of drug-likeness (QED) is 0.635. The van der Waals surface area contributed by atoms with E-state index in [1.165, 1.54) is 10.9 Å². The van der Waals surface area contributed by atoms with Crippen molar-refractivity contribution < 1.29 is 14.0 Å². The number of carbonyl (C=O) groups excluding carboxylic acids is 2. The fourth-order valence-corrected chi connectivity index (χ4v) is 4.45. The lowest BCUT2D eigenvalue weighted by atomic mass is 10.2. The van der Waals surface area contributed by atoms with Crippen molar-refractivity contribution in [2.24, 2.45) is 7.05 Å². The van der Waals surface area contributed by atoms with Crippen LogP contribution < -0.4 is 5.32 Å². The summed E-state index contributed by atoms with van der Waals surface area (Å²) < 4.78 is 7.23. The summed E-state index contributed by atoms with van der Waals surface area (Å²) in [7, 11) is 1.67. The van der Waals surface area contributed by atoms with Gasteiger partial charge in [0.15, 0.2) is 0 Å². The molecule has 1 N–H and O–H groups in total. The summed E-state index contributed by atoms with van der Waals surface area (Å²) in [5.41, 5.74) is 2.34. The highest BCUT2D eigenvalue weighted by molar-refractivity contribution is 7.99. The third-order valence-electron chi connectivity index (χ3n) is 5.24. The Morgan fingerprint density at radius 1 is 1.19 bits per heavy atom. The minimum Gasteiger partial charge on any atom is -0.441 e. The Morgan fingerprint density at radius 2 is 1.94 bits per heavy atom. The molecule has 0 saturated carbocycles. The predicted molar refractivity (Wildman–Crippen MR) is 119 cm³/mol. The molecule has 9 heteroatoms. The molecule has 0 bridgehead atoms. The molecule has 3 heterocycles. The molecule has 1 aliphatic rings. The number of hydrogen-bond donors (Lipinski definition) is 1. The van der Waals surface area contributed by atoms with E-state index >= 15 is 0 Å². The molecule has 1 fully saturated rings. The second-order valence-electron chi connectivity index (χ2n) is 7.33. The summed E-state index contributed by atoms with van der Waals surface area (Å²) in [4.78, 5) is 32.1. The third-order valence-corrected chi connectivity index (χ3v) is 6.19. The van der Waals surface area contributed by atoms with Crippen LogP contribution in [0.3, 0.4) is 0 Å². The van der Waals surface area contributed by atoms with E-state index < -0.39 is 0 Å². The van der Waals surface area contributed by atoms with Crippen LogP contribution in [0, 0.1) is 6.92 Å². The summed E-state index contributed by atoms with van der Waals surface area (Å²) in [5, 5.41) is 7.04. The molecule has 0 aliphatic carbocycles. The first-order valence-corrected chi connectivity index (χ1v) is 11.4. The van der Waals surface area contributed by atoms with Gasteiger partial charge in [0.25, 0.3) is 11.8 Å². The van der Waals surface area contributed by atoms with Crippen LogP contribution in [0.15, 0.2) is 40.9 Å². The van der Waals surface area contributed by atoms with Crippen molar-refractivity contribution in [3.63, 3.8) is 0 Å². The van der Waals surface area contributed by atoms with E-state index in [4.69, 9.17) is 4.42 Å². The van der Waals surface area contributed by atoms with Gasteiger partial charge >= 0.3 is 0 Å². The first-order valence-electron chi connectivity index (χ1n) is 10.2. The monoisotopic (exact) mass is 439 g/mol. The molecule has 31 heavy (non-hydrogen) atoms. The molecule has 1 aromatic carbocycles. The second kappa shape index (κ2) is 9.38. The van der Waals surface area contributed by atoms with Crippen molar-refractivity contribution >= 4 is 23.6 Å². The zero-order chi connectivity index (χ0) is 21.8. The predicted octanol–water partition coefficient (Wildman–Crippen LogP) is 2.55. The Kier molecular flexibility index (Phi) is 6.41. The summed E-state index contributed by atoms with van der Waals surface area (Å²) in [6, 6.07) is 9.70. The molecular formula is C22H25N5O3S. The second-order valence-corrected chi connectivity index (χ2v) is 8.55. The zero-order valence-electron chi connectivity index (χ0n) is 17.6. The number of rotatable bonds is 6. The lowest BCUT2D eigenvalue weighted by molar-refractivity contribution is 0.0764. The first kappa shape index (κ1) is 21.2. The van der Waals surface area contributed by atoms with Crippen LogP contribution in [-0.4, -0.2) is 62.6 Å². The van der Waals surface area contributed by atoms with Crippen LogP contribution in [0.1, 0.15) is 32.3 Å². The largest absolute Gasteiger partial charge is 0.441 e. The van der Waals surface area contributed by atoms with Crippen LogP contribution in [-0.2, 0) is 13.5 Å². The van der Waals surface area contributed by atoms with Gasteiger partial charge in [0.1, 0.15) is 11.5 Å². The molecule has 8 nitrogen and oxygen atoms in total. The van der Waals surface area contributed by atoms with E-state index in [2.05, 4.69) is 15.4 Å². The summed E-state index contributed by atoms with van der Waals surface area (Å²) in [6.45, 7) is 3.62. The standard InChI is InChI=1S/C22H25N5O3S/c1-15-18(25-21(30-15)16-6-4-3-5-7-16)8-9-23-20(28)19-17(14-24-26(19)2)22(29)27-10-12-31-13-11-27/h3-7,14H,8-13H2,1-2H3,(H,23,28). The number of oxazole rings is 1. The molecular weight excluding hydrogens is 414 g/mol. The highest BCUT2D eigenvalue weighted by Crippen LogP contribution is 2.21. The van der Waals surface area contributed by atoms with Gasteiger partial charge in [-0.15, -0.1) is 0 Å². The normalized spacial score (nSPS) is 13.9. The number of thioether (sulfide) groups is 1. The summed E-state index contributed by atoms with van der Waals surface area (Å²) in [5.74, 6) is 2.66. The number of amides is 2. The van der Waals surface area contributed by atoms with E-state index in [-0.39, 0.29) is 17.5 Å². The number of nitrogens with zero attached hydrogens (tertiary/aromatic N) is 4. The van der Waals surface area contributed by atoms with Crippen molar-refractivity contribution in [3.8, 4) is 11.5 Å². The minimum atomic E-state index is -0.320. The van der Waals surface area contributed by atoms with Crippen molar-refractivity contribution in [2.45, 2.75) is 13.3 Å². The number of aromatic nitrogens is 3.